The lowest BCUT2D eigenvalue weighted by Crippen LogP contribution is -2.54. The maximum absolute atomic E-state index is 12.9. The molecule has 8 heteroatoms. The van der Waals surface area contributed by atoms with Crippen molar-refractivity contribution in [2.45, 2.75) is 37.8 Å². The maximum atomic E-state index is 12.9. The van der Waals surface area contributed by atoms with Crippen LogP contribution in [0.2, 0.25) is 0 Å². The molecule has 1 aliphatic heterocycles. The molecule has 1 aliphatic rings. The molecule has 1 saturated heterocycles. The van der Waals surface area contributed by atoms with Crippen molar-refractivity contribution in [3.8, 4) is 5.75 Å². The molecule has 0 spiro atoms. The Morgan fingerprint density at radius 3 is 2.43 bits per heavy atom. The first-order valence-corrected chi connectivity index (χ1v) is 11.4. The number of halogens is 1. The summed E-state index contributed by atoms with van der Waals surface area (Å²) in [5, 5.41) is 3.50. The molecule has 1 fully saturated rings. The number of ether oxygens (including phenoxy) is 1. The van der Waals surface area contributed by atoms with Gasteiger partial charge in [0.05, 0.1) is 17.7 Å². The van der Waals surface area contributed by atoms with Crippen molar-refractivity contribution >= 4 is 37.3 Å². The topological polar surface area (TPSA) is 70.7 Å². The third-order valence-electron chi connectivity index (χ3n) is 4.79. The van der Waals surface area contributed by atoms with Crippen LogP contribution in [-0.4, -0.2) is 40.7 Å². The first-order chi connectivity index (χ1) is 13.2. The van der Waals surface area contributed by atoms with Crippen molar-refractivity contribution in [1.29, 1.82) is 0 Å². The molecule has 1 heterocycles. The molecule has 3 rings (SSSR count). The molecule has 6 nitrogen and oxygen atoms in total. The number of methoxy groups -OCH3 is 1. The molecule has 2 atom stereocenters. The van der Waals surface area contributed by atoms with E-state index in [0.29, 0.717) is 23.5 Å². The van der Waals surface area contributed by atoms with E-state index in [1.165, 1.54) is 7.11 Å². The van der Waals surface area contributed by atoms with E-state index in [-0.39, 0.29) is 4.90 Å². The summed E-state index contributed by atoms with van der Waals surface area (Å²) >= 11 is 3.40. The number of piperazine rings is 1. The first kappa shape index (κ1) is 21.0. The standard InChI is InChI=1S/C20H26BrN3O3S/c1-13-9-17(6-7-18(13)21)28(25,26)23-19-10-16(5-8-20(19)27-4)24-11-14(2)22-15(3)12-24/h5-10,14-15,22-23H,11-12H2,1-4H3. The van der Waals surface area contributed by atoms with Gasteiger partial charge in [-0.15, -0.1) is 0 Å². The van der Waals surface area contributed by atoms with Gasteiger partial charge in [0.2, 0.25) is 0 Å². The number of anilines is 2. The molecule has 2 aromatic carbocycles. The minimum absolute atomic E-state index is 0.213. The predicted octanol–water partition coefficient (Wildman–Crippen LogP) is 3.75. The second-order valence-corrected chi connectivity index (χ2v) is 9.81. The van der Waals surface area contributed by atoms with Crippen LogP contribution < -0.4 is 19.7 Å². The smallest absolute Gasteiger partial charge is 0.262 e. The number of nitrogens with zero attached hydrogens (tertiary/aromatic N) is 1. The molecule has 0 radical (unpaired) electrons. The van der Waals surface area contributed by atoms with Crippen molar-refractivity contribution in [3.05, 3.63) is 46.4 Å². The van der Waals surface area contributed by atoms with Crippen LogP contribution in [0.25, 0.3) is 0 Å². The largest absolute Gasteiger partial charge is 0.495 e. The molecular weight excluding hydrogens is 442 g/mol. The molecule has 2 aromatic rings. The van der Waals surface area contributed by atoms with Gasteiger partial charge in [-0.05, 0) is 62.7 Å². The summed E-state index contributed by atoms with van der Waals surface area (Å²) in [4.78, 5) is 2.47. The molecule has 2 N–H and O–H groups in total. The zero-order chi connectivity index (χ0) is 20.5. The number of benzene rings is 2. The summed E-state index contributed by atoms with van der Waals surface area (Å²) in [6.45, 7) is 7.86. The second kappa shape index (κ2) is 8.31. The number of aryl methyl sites for hydroxylation is 1. The summed E-state index contributed by atoms with van der Waals surface area (Å²) < 4.78 is 34.8. The summed E-state index contributed by atoms with van der Waals surface area (Å²) in [6.07, 6.45) is 0. The van der Waals surface area contributed by atoms with Gasteiger partial charge in [0.15, 0.2) is 0 Å². The van der Waals surface area contributed by atoms with Crippen molar-refractivity contribution in [2.75, 3.05) is 29.8 Å². The maximum Gasteiger partial charge on any atom is 0.262 e. The molecular formula is C20H26BrN3O3S. The number of rotatable bonds is 5. The Hall–Kier alpha value is -1.77. The van der Waals surface area contributed by atoms with E-state index in [4.69, 9.17) is 4.74 Å². The molecule has 0 aliphatic carbocycles. The zero-order valence-corrected chi connectivity index (χ0v) is 18.9. The molecule has 0 saturated carbocycles. The lowest BCUT2D eigenvalue weighted by molar-refractivity contribution is 0.406. The normalized spacial score (nSPS) is 20.1. The van der Waals surface area contributed by atoms with Gasteiger partial charge in [0, 0.05) is 35.3 Å². The van der Waals surface area contributed by atoms with Crippen LogP contribution in [0.5, 0.6) is 5.75 Å². The lowest BCUT2D eigenvalue weighted by atomic mass is 10.1. The number of sulfonamides is 1. The van der Waals surface area contributed by atoms with Crippen LogP contribution in [-0.2, 0) is 10.0 Å². The van der Waals surface area contributed by atoms with Gasteiger partial charge in [0.25, 0.3) is 10.0 Å². The lowest BCUT2D eigenvalue weighted by Gasteiger charge is -2.38. The Kier molecular flexibility index (Phi) is 6.21. The summed E-state index contributed by atoms with van der Waals surface area (Å²) in [7, 11) is -2.20. The summed E-state index contributed by atoms with van der Waals surface area (Å²) in [5.41, 5.74) is 2.25. The van der Waals surface area contributed by atoms with Gasteiger partial charge in [-0.3, -0.25) is 4.72 Å². The van der Waals surface area contributed by atoms with Crippen LogP contribution in [0.15, 0.2) is 45.8 Å². The van der Waals surface area contributed by atoms with E-state index in [2.05, 4.69) is 44.7 Å². The highest BCUT2D eigenvalue weighted by molar-refractivity contribution is 9.10. The summed E-state index contributed by atoms with van der Waals surface area (Å²) in [5.74, 6) is 0.484. The zero-order valence-electron chi connectivity index (χ0n) is 16.5. The van der Waals surface area contributed by atoms with Crippen molar-refractivity contribution in [2.24, 2.45) is 0 Å². The third kappa shape index (κ3) is 4.61. The van der Waals surface area contributed by atoms with Crippen LogP contribution in [0.3, 0.4) is 0 Å². The van der Waals surface area contributed by atoms with E-state index in [0.717, 1.165) is 28.8 Å². The Labute approximate surface area is 175 Å². The first-order valence-electron chi connectivity index (χ1n) is 9.17. The Bertz CT molecular complexity index is 955. The average molecular weight is 468 g/mol. The van der Waals surface area contributed by atoms with E-state index >= 15 is 0 Å². The Balaban J connectivity index is 1.93. The van der Waals surface area contributed by atoms with Crippen LogP contribution in [0.4, 0.5) is 11.4 Å². The fourth-order valence-corrected chi connectivity index (χ4v) is 4.89. The average Bonchev–Trinajstić information content (AvgIpc) is 2.62. The van der Waals surface area contributed by atoms with Crippen LogP contribution in [0.1, 0.15) is 19.4 Å². The highest BCUT2D eigenvalue weighted by Gasteiger charge is 2.23. The van der Waals surface area contributed by atoms with Gasteiger partial charge >= 0.3 is 0 Å². The molecule has 0 amide bonds. The Morgan fingerprint density at radius 2 is 1.82 bits per heavy atom. The van der Waals surface area contributed by atoms with Gasteiger partial charge in [-0.25, -0.2) is 8.42 Å². The van der Waals surface area contributed by atoms with E-state index in [1.807, 2.05) is 19.1 Å². The second-order valence-electron chi connectivity index (χ2n) is 7.27. The number of hydrogen-bond acceptors (Lipinski definition) is 5. The SMILES string of the molecule is COc1ccc(N2CC(C)NC(C)C2)cc1NS(=O)(=O)c1ccc(Br)c(C)c1. The van der Waals surface area contributed by atoms with Gasteiger partial charge < -0.3 is 15.0 Å². The minimum atomic E-state index is -3.74. The fourth-order valence-electron chi connectivity index (χ4n) is 3.50. The van der Waals surface area contributed by atoms with Crippen molar-refractivity contribution < 1.29 is 13.2 Å². The summed E-state index contributed by atoms with van der Waals surface area (Å²) in [6, 6.07) is 11.3. The molecule has 2 unspecified atom stereocenters. The van der Waals surface area contributed by atoms with Crippen molar-refractivity contribution in [1.82, 2.24) is 5.32 Å². The van der Waals surface area contributed by atoms with Gasteiger partial charge in [-0.2, -0.15) is 0 Å². The van der Waals surface area contributed by atoms with Crippen molar-refractivity contribution in [3.63, 3.8) is 0 Å². The van der Waals surface area contributed by atoms with Gasteiger partial charge in [-0.1, -0.05) is 15.9 Å². The highest BCUT2D eigenvalue weighted by atomic mass is 79.9. The van der Waals surface area contributed by atoms with E-state index in [9.17, 15) is 8.42 Å². The van der Waals surface area contributed by atoms with E-state index < -0.39 is 10.0 Å². The van der Waals surface area contributed by atoms with Crippen LogP contribution >= 0.6 is 15.9 Å². The minimum Gasteiger partial charge on any atom is -0.495 e. The molecule has 152 valence electrons. The highest BCUT2D eigenvalue weighted by Crippen LogP contribution is 2.32. The molecule has 28 heavy (non-hydrogen) atoms. The van der Waals surface area contributed by atoms with E-state index in [1.54, 1.807) is 24.3 Å². The molecule has 0 aromatic heterocycles. The number of hydrogen-bond donors (Lipinski definition) is 2. The van der Waals surface area contributed by atoms with Crippen LogP contribution in [0, 0.1) is 6.92 Å². The Morgan fingerprint density at radius 1 is 1.14 bits per heavy atom. The fraction of sp³-hybridized carbons (Fsp3) is 0.400. The predicted molar refractivity (Wildman–Crippen MR) is 117 cm³/mol. The monoisotopic (exact) mass is 467 g/mol. The number of nitrogens with one attached hydrogen (secondary N) is 2. The van der Waals surface area contributed by atoms with Gasteiger partial charge in [0.1, 0.15) is 5.75 Å². The quantitative estimate of drug-likeness (QED) is 0.700. The molecule has 0 bridgehead atoms. The third-order valence-corrected chi connectivity index (χ3v) is 7.04.